The Morgan fingerprint density at radius 2 is 2.33 bits per heavy atom. The lowest BCUT2D eigenvalue weighted by atomic mass is 10.2. The maximum atomic E-state index is 11.9. The average molecular weight is 328 g/mol. The molecule has 1 saturated carbocycles. The van der Waals surface area contributed by atoms with Crippen molar-refractivity contribution in [2.45, 2.75) is 25.8 Å². The van der Waals surface area contributed by atoms with Gasteiger partial charge in [0.1, 0.15) is 11.9 Å². The fraction of sp³-hybridized carbons (Fsp3) is 0.500. The predicted molar refractivity (Wildman–Crippen MR) is 75.9 cm³/mol. The molecule has 2 aliphatic rings. The molecule has 1 aliphatic heterocycles. The van der Waals surface area contributed by atoms with Crippen LogP contribution < -0.4 is 5.73 Å². The number of carbonyl (C=O) groups is 1. The molecule has 0 saturated heterocycles. The van der Waals surface area contributed by atoms with Crippen LogP contribution in [0.4, 0.5) is 4.79 Å². The molecule has 2 N–H and O–H groups in total. The summed E-state index contributed by atoms with van der Waals surface area (Å²) in [6.45, 7) is 2.83. The number of nitrogens with two attached hydrogens (primary N) is 1. The molecule has 1 aliphatic carbocycles. The van der Waals surface area contributed by atoms with Gasteiger partial charge in [0.05, 0.1) is 0 Å². The van der Waals surface area contributed by atoms with Crippen LogP contribution in [0.3, 0.4) is 0 Å². The zero-order valence-electron chi connectivity index (χ0n) is 10.0. The molecule has 2 heterocycles. The van der Waals surface area contributed by atoms with E-state index in [2.05, 4.69) is 20.9 Å². The summed E-state index contributed by atoms with van der Waals surface area (Å²) in [5.74, 6) is 1.07. The standard InChI is InChI=1S/C12H14BrN3OS/c1-6-8(13)4-9(18-6)10-11(14)15-12(17)16(10)5-7-2-3-7/h4,7,10H,2-3,5H2,1H3,(H2,14,15,17). The summed E-state index contributed by atoms with van der Waals surface area (Å²) in [6, 6.07) is 1.70. The smallest absolute Gasteiger partial charge is 0.346 e. The van der Waals surface area contributed by atoms with Gasteiger partial charge in [-0.2, -0.15) is 4.99 Å². The number of hydrogen-bond donors (Lipinski definition) is 1. The van der Waals surface area contributed by atoms with Gasteiger partial charge in [0.2, 0.25) is 0 Å². The second kappa shape index (κ2) is 4.35. The Bertz CT molecular complexity index is 516. The van der Waals surface area contributed by atoms with E-state index in [4.69, 9.17) is 5.73 Å². The molecular weight excluding hydrogens is 314 g/mol. The Morgan fingerprint density at radius 3 is 2.89 bits per heavy atom. The number of amides is 2. The predicted octanol–water partition coefficient (Wildman–Crippen LogP) is 3.06. The third-order valence-corrected chi connectivity index (χ3v) is 5.55. The lowest BCUT2D eigenvalue weighted by molar-refractivity contribution is 0.204. The number of halogens is 1. The van der Waals surface area contributed by atoms with Crippen LogP contribution in [-0.4, -0.2) is 23.3 Å². The van der Waals surface area contributed by atoms with Gasteiger partial charge in [0, 0.05) is 20.8 Å². The second-order valence-electron chi connectivity index (χ2n) is 4.87. The topological polar surface area (TPSA) is 58.7 Å². The minimum Gasteiger partial charge on any atom is -0.385 e. The number of hydrogen-bond acceptors (Lipinski definition) is 3. The highest BCUT2D eigenvalue weighted by atomic mass is 79.9. The molecule has 1 atom stereocenters. The third kappa shape index (κ3) is 2.07. The summed E-state index contributed by atoms with van der Waals surface area (Å²) in [6.07, 6.45) is 2.42. The minimum atomic E-state index is -0.188. The van der Waals surface area contributed by atoms with Crippen molar-refractivity contribution in [3.8, 4) is 0 Å². The number of amidine groups is 1. The molecule has 3 rings (SSSR count). The van der Waals surface area contributed by atoms with Gasteiger partial charge in [0.25, 0.3) is 0 Å². The second-order valence-corrected chi connectivity index (χ2v) is 7.01. The average Bonchev–Trinajstić information content (AvgIpc) is 2.99. The van der Waals surface area contributed by atoms with Crippen LogP contribution in [0.2, 0.25) is 0 Å². The summed E-state index contributed by atoms with van der Waals surface area (Å²) in [7, 11) is 0. The first-order valence-electron chi connectivity index (χ1n) is 5.96. The summed E-state index contributed by atoms with van der Waals surface area (Å²) in [5.41, 5.74) is 5.93. The number of carbonyl (C=O) groups excluding carboxylic acids is 1. The van der Waals surface area contributed by atoms with E-state index >= 15 is 0 Å². The number of aliphatic imine (C=N–C) groups is 1. The first-order valence-corrected chi connectivity index (χ1v) is 7.57. The largest absolute Gasteiger partial charge is 0.385 e. The Balaban J connectivity index is 1.91. The van der Waals surface area contributed by atoms with E-state index in [-0.39, 0.29) is 12.1 Å². The van der Waals surface area contributed by atoms with E-state index in [9.17, 15) is 4.79 Å². The van der Waals surface area contributed by atoms with Gasteiger partial charge < -0.3 is 10.6 Å². The van der Waals surface area contributed by atoms with E-state index < -0.39 is 0 Å². The SMILES string of the molecule is Cc1sc(C2C(N)=NC(=O)N2CC2CC2)cc1Br. The molecule has 0 bridgehead atoms. The molecule has 4 nitrogen and oxygen atoms in total. The van der Waals surface area contributed by atoms with Gasteiger partial charge in [-0.15, -0.1) is 11.3 Å². The summed E-state index contributed by atoms with van der Waals surface area (Å²) >= 11 is 5.17. The van der Waals surface area contributed by atoms with Gasteiger partial charge in [-0.3, -0.25) is 0 Å². The van der Waals surface area contributed by atoms with E-state index in [1.54, 1.807) is 11.3 Å². The summed E-state index contributed by atoms with van der Waals surface area (Å²) in [5, 5.41) is 0. The van der Waals surface area contributed by atoms with Crippen LogP contribution >= 0.6 is 27.3 Å². The van der Waals surface area contributed by atoms with Gasteiger partial charge in [0.15, 0.2) is 0 Å². The number of thiophene rings is 1. The van der Waals surface area contributed by atoms with E-state index in [1.165, 1.54) is 17.7 Å². The Labute approximate surface area is 118 Å². The number of rotatable bonds is 3. The lowest BCUT2D eigenvalue weighted by Crippen LogP contribution is -2.34. The molecule has 0 aromatic carbocycles. The molecule has 1 fully saturated rings. The van der Waals surface area contributed by atoms with E-state index in [0.29, 0.717) is 11.8 Å². The van der Waals surface area contributed by atoms with Crippen LogP contribution in [0.15, 0.2) is 15.5 Å². The lowest BCUT2D eigenvalue weighted by Gasteiger charge is -2.23. The highest BCUT2D eigenvalue weighted by Gasteiger charge is 2.38. The normalized spacial score (nSPS) is 23.7. The Kier molecular flexibility index (Phi) is 2.94. The summed E-state index contributed by atoms with van der Waals surface area (Å²) < 4.78 is 1.07. The monoisotopic (exact) mass is 327 g/mol. The van der Waals surface area contributed by atoms with Crippen LogP contribution in [0.25, 0.3) is 0 Å². The van der Waals surface area contributed by atoms with Crippen LogP contribution in [0, 0.1) is 12.8 Å². The Hall–Kier alpha value is -0.880. The van der Waals surface area contributed by atoms with Crippen molar-refractivity contribution in [1.29, 1.82) is 0 Å². The number of nitrogens with zero attached hydrogens (tertiary/aromatic N) is 2. The number of urea groups is 1. The fourth-order valence-corrected chi connectivity index (χ4v) is 3.87. The first kappa shape index (κ1) is 12.2. The molecule has 1 aromatic rings. The highest BCUT2D eigenvalue weighted by molar-refractivity contribution is 9.10. The van der Waals surface area contributed by atoms with Crippen molar-refractivity contribution >= 4 is 39.1 Å². The minimum absolute atomic E-state index is 0.159. The van der Waals surface area contributed by atoms with Crippen LogP contribution in [0.5, 0.6) is 0 Å². The maximum absolute atomic E-state index is 11.9. The fourth-order valence-electron chi connectivity index (χ4n) is 2.18. The molecule has 18 heavy (non-hydrogen) atoms. The number of aryl methyl sites for hydroxylation is 1. The molecule has 0 radical (unpaired) electrons. The van der Waals surface area contributed by atoms with Gasteiger partial charge in [-0.25, -0.2) is 4.79 Å². The zero-order chi connectivity index (χ0) is 12.9. The summed E-state index contributed by atoms with van der Waals surface area (Å²) in [4.78, 5) is 19.9. The molecule has 1 aromatic heterocycles. The first-order chi connectivity index (χ1) is 8.56. The van der Waals surface area contributed by atoms with Crippen molar-refractivity contribution in [2.75, 3.05) is 6.54 Å². The van der Waals surface area contributed by atoms with Crippen LogP contribution in [-0.2, 0) is 0 Å². The molecular formula is C12H14BrN3OS. The van der Waals surface area contributed by atoms with Crippen molar-refractivity contribution in [3.63, 3.8) is 0 Å². The van der Waals surface area contributed by atoms with Crippen molar-refractivity contribution in [1.82, 2.24) is 4.90 Å². The zero-order valence-corrected chi connectivity index (χ0v) is 12.4. The third-order valence-electron chi connectivity index (χ3n) is 3.36. The maximum Gasteiger partial charge on any atom is 0.346 e. The molecule has 2 amide bonds. The molecule has 1 unspecified atom stereocenters. The van der Waals surface area contributed by atoms with Crippen molar-refractivity contribution in [2.24, 2.45) is 16.6 Å². The molecule has 6 heteroatoms. The van der Waals surface area contributed by atoms with Crippen molar-refractivity contribution in [3.05, 3.63) is 20.3 Å². The van der Waals surface area contributed by atoms with Gasteiger partial charge in [-0.05, 0) is 47.7 Å². The Morgan fingerprint density at radius 1 is 1.61 bits per heavy atom. The van der Waals surface area contributed by atoms with E-state index in [1.807, 2.05) is 17.9 Å². The van der Waals surface area contributed by atoms with Crippen molar-refractivity contribution < 1.29 is 4.79 Å². The molecule has 96 valence electrons. The van der Waals surface area contributed by atoms with Gasteiger partial charge in [-0.1, -0.05) is 0 Å². The van der Waals surface area contributed by atoms with Crippen LogP contribution in [0.1, 0.15) is 28.6 Å². The van der Waals surface area contributed by atoms with Gasteiger partial charge >= 0.3 is 6.03 Å². The van der Waals surface area contributed by atoms with E-state index in [0.717, 1.165) is 15.9 Å². The highest BCUT2D eigenvalue weighted by Crippen LogP contribution is 2.39. The molecule has 0 spiro atoms. The quantitative estimate of drug-likeness (QED) is 0.927.